The highest BCUT2D eigenvalue weighted by Crippen LogP contribution is 2.39. The quantitative estimate of drug-likeness (QED) is 0.840. The minimum atomic E-state index is 0.0545. The number of nitrogens with zero attached hydrogens (tertiary/aromatic N) is 2. The minimum absolute atomic E-state index is 0.0545. The van der Waals surface area contributed by atoms with Crippen molar-refractivity contribution in [3.05, 3.63) is 6.33 Å². The van der Waals surface area contributed by atoms with E-state index < -0.39 is 0 Å². The molecule has 1 saturated carbocycles. The van der Waals surface area contributed by atoms with Gasteiger partial charge in [-0.15, -0.1) is 0 Å². The summed E-state index contributed by atoms with van der Waals surface area (Å²) >= 11 is 0. The van der Waals surface area contributed by atoms with Crippen LogP contribution >= 0.6 is 0 Å². The summed E-state index contributed by atoms with van der Waals surface area (Å²) in [5, 5.41) is 3.47. The van der Waals surface area contributed by atoms with Crippen molar-refractivity contribution in [2.24, 2.45) is 0 Å². The van der Waals surface area contributed by atoms with Gasteiger partial charge in [-0.1, -0.05) is 6.92 Å². The predicted octanol–water partition coefficient (Wildman–Crippen LogP) is 2.59. The highest BCUT2D eigenvalue weighted by atomic mass is 16.5. The third-order valence-corrected chi connectivity index (χ3v) is 3.57. The van der Waals surface area contributed by atoms with Crippen molar-refractivity contribution in [3.63, 3.8) is 0 Å². The molecule has 2 rings (SSSR count). The van der Waals surface area contributed by atoms with Crippen LogP contribution in [0.4, 0.5) is 11.5 Å². The average molecular weight is 250 g/mol. The summed E-state index contributed by atoms with van der Waals surface area (Å²) in [6.45, 7) is 6.09. The number of rotatable bonds is 5. The average Bonchev–Trinajstić information content (AvgIpc) is 2.27. The van der Waals surface area contributed by atoms with Crippen molar-refractivity contribution in [2.45, 2.75) is 58.1 Å². The van der Waals surface area contributed by atoms with Crippen molar-refractivity contribution < 1.29 is 4.74 Å². The second-order valence-corrected chi connectivity index (χ2v) is 5.22. The van der Waals surface area contributed by atoms with Crippen LogP contribution in [0.1, 0.15) is 46.5 Å². The molecular weight excluding hydrogens is 228 g/mol. The zero-order valence-electron chi connectivity index (χ0n) is 11.4. The van der Waals surface area contributed by atoms with Crippen LogP contribution in [-0.2, 0) is 0 Å². The smallest absolute Gasteiger partial charge is 0.242 e. The largest absolute Gasteiger partial charge is 0.473 e. The number of aromatic nitrogens is 2. The number of anilines is 2. The second-order valence-electron chi connectivity index (χ2n) is 5.22. The summed E-state index contributed by atoms with van der Waals surface area (Å²) < 4.78 is 5.57. The SMILES string of the molecule is CCC1(Nc2ncnc(OC(C)C)c2N)CCC1. The van der Waals surface area contributed by atoms with Crippen LogP contribution < -0.4 is 15.8 Å². The van der Waals surface area contributed by atoms with E-state index in [0.717, 1.165) is 6.42 Å². The maximum Gasteiger partial charge on any atom is 0.242 e. The van der Waals surface area contributed by atoms with Gasteiger partial charge in [0.2, 0.25) is 5.88 Å². The lowest BCUT2D eigenvalue weighted by atomic mass is 9.75. The van der Waals surface area contributed by atoms with Crippen molar-refractivity contribution in [3.8, 4) is 5.88 Å². The molecule has 5 nitrogen and oxygen atoms in total. The highest BCUT2D eigenvalue weighted by Gasteiger charge is 2.35. The van der Waals surface area contributed by atoms with Gasteiger partial charge in [0.05, 0.1) is 6.10 Å². The normalized spacial score (nSPS) is 17.3. The molecule has 1 aliphatic rings. The van der Waals surface area contributed by atoms with E-state index in [0.29, 0.717) is 17.4 Å². The van der Waals surface area contributed by atoms with Crippen LogP contribution in [0, 0.1) is 0 Å². The Balaban J connectivity index is 2.18. The fourth-order valence-electron chi connectivity index (χ4n) is 2.22. The van der Waals surface area contributed by atoms with Gasteiger partial charge in [0.25, 0.3) is 0 Å². The Morgan fingerprint density at radius 3 is 2.67 bits per heavy atom. The molecule has 0 aromatic carbocycles. The molecular formula is C13H22N4O. The molecule has 0 amide bonds. The topological polar surface area (TPSA) is 73.1 Å². The molecule has 5 heteroatoms. The van der Waals surface area contributed by atoms with Crippen LogP contribution in [0.5, 0.6) is 5.88 Å². The molecule has 18 heavy (non-hydrogen) atoms. The van der Waals surface area contributed by atoms with Crippen molar-refractivity contribution in [1.29, 1.82) is 0 Å². The van der Waals surface area contributed by atoms with Crippen LogP contribution in [0.2, 0.25) is 0 Å². The van der Waals surface area contributed by atoms with Crippen LogP contribution in [-0.4, -0.2) is 21.6 Å². The number of nitrogen functional groups attached to an aromatic ring is 1. The van der Waals surface area contributed by atoms with E-state index in [4.69, 9.17) is 10.5 Å². The van der Waals surface area contributed by atoms with Gasteiger partial charge in [-0.2, -0.15) is 4.98 Å². The highest BCUT2D eigenvalue weighted by molar-refractivity contribution is 5.67. The molecule has 0 atom stereocenters. The Labute approximate surface area is 108 Å². The third kappa shape index (κ3) is 2.49. The first-order valence-corrected chi connectivity index (χ1v) is 6.61. The molecule has 0 aliphatic heterocycles. The lowest BCUT2D eigenvalue weighted by Gasteiger charge is -2.42. The van der Waals surface area contributed by atoms with Gasteiger partial charge in [0.1, 0.15) is 12.0 Å². The number of hydrogen-bond donors (Lipinski definition) is 2. The van der Waals surface area contributed by atoms with E-state index in [2.05, 4.69) is 22.2 Å². The van der Waals surface area contributed by atoms with E-state index in [-0.39, 0.29) is 11.6 Å². The summed E-state index contributed by atoms with van der Waals surface area (Å²) in [4.78, 5) is 8.31. The van der Waals surface area contributed by atoms with Gasteiger partial charge in [0, 0.05) is 5.54 Å². The zero-order chi connectivity index (χ0) is 13.2. The minimum Gasteiger partial charge on any atom is -0.473 e. The molecule has 0 unspecified atom stereocenters. The molecule has 1 fully saturated rings. The lowest BCUT2D eigenvalue weighted by Crippen LogP contribution is -2.44. The Morgan fingerprint density at radius 2 is 2.17 bits per heavy atom. The molecule has 1 heterocycles. The van der Waals surface area contributed by atoms with E-state index in [9.17, 15) is 0 Å². The van der Waals surface area contributed by atoms with Crippen LogP contribution in [0.15, 0.2) is 6.33 Å². The van der Waals surface area contributed by atoms with Crippen molar-refractivity contribution in [1.82, 2.24) is 9.97 Å². The fraction of sp³-hybridized carbons (Fsp3) is 0.692. The van der Waals surface area contributed by atoms with E-state index in [1.54, 1.807) is 0 Å². The fourth-order valence-corrected chi connectivity index (χ4v) is 2.22. The van der Waals surface area contributed by atoms with Crippen molar-refractivity contribution >= 4 is 11.5 Å². The van der Waals surface area contributed by atoms with Crippen LogP contribution in [0.3, 0.4) is 0 Å². The summed E-state index contributed by atoms with van der Waals surface area (Å²) in [6.07, 6.45) is 6.25. The van der Waals surface area contributed by atoms with Crippen molar-refractivity contribution in [2.75, 3.05) is 11.1 Å². The molecule has 0 saturated heterocycles. The maximum atomic E-state index is 6.06. The molecule has 1 aromatic rings. The van der Waals surface area contributed by atoms with Gasteiger partial charge in [-0.25, -0.2) is 4.98 Å². The summed E-state index contributed by atoms with van der Waals surface area (Å²) in [7, 11) is 0. The van der Waals surface area contributed by atoms with Crippen LogP contribution in [0.25, 0.3) is 0 Å². The number of hydrogen-bond acceptors (Lipinski definition) is 5. The summed E-state index contributed by atoms with van der Waals surface area (Å²) in [6, 6.07) is 0. The molecule has 0 spiro atoms. The Kier molecular flexibility index (Phi) is 3.59. The first kappa shape index (κ1) is 12.9. The third-order valence-electron chi connectivity index (χ3n) is 3.57. The monoisotopic (exact) mass is 250 g/mol. The first-order valence-electron chi connectivity index (χ1n) is 6.61. The predicted molar refractivity (Wildman–Crippen MR) is 72.7 cm³/mol. The van der Waals surface area contributed by atoms with Gasteiger partial charge in [-0.05, 0) is 39.5 Å². The van der Waals surface area contributed by atoms with Gasteiger partial charge >= 0.3 is 0 Å². The maximum absolute atomic E-state index is 6.06. The summed E-state index contributed by atoms with van der Waals surface area (Å²) in [5.41, 5.74) is 6.73. The molecule has 3 N–H and O–H groups in total. The first-order chi connectivity index (χ1) is 8.56. The molecule has 0 radical (unpaired) electrons. The summed E-state index contributed by atoms with van der Waals surface area (Å²) in [5.74, 6) is 1.16. The van der Waals surface area contributed by atoms with Gasteiger partial charge < -0.3 is 15.8 Å². The number of nitrogens with two attached hydrogens (primary N) is 1. The lowest BCUT2D eigenvalue weighted by molar-refractivity contribution is 0.233. The van der Waals surface area contributed by atoms with E-state index in [1.165, 1.54) is 25.6 Å². The Morgan fingerprint density at radius 1 is 1.44 bits per heavy atom. The Hall–Kier alpha value is -1.52. The zero-order valence-corrected chi connectivity index (χ0v) is 11.4. The second kappa shape index (κ2) is 5.00. The number of ether oxygens (including phenoxy) is 1. The van der Waals surface area contributed by atoms with E-state index >= 15 is 0 Å². The van der Waals surface area contributed by atoms with E-state index in [1.807, 2.05) is 13.8 Å². The molecule has 100 valence electrons. The molecule has 0 bridgehead atoms. The number of nitrogens with one attached hydrogen (secondary N) is 1. The van der Waals surface area contributed by atoms with Gasteiger partial charge in [-0.3, -0.25) is 0 Å². The standard InChI is InChI=1S/C13H22N4O/c1-4-13(6-5-7-13)17-11-10(14)12(16-8-15-11)18-9(2)3/h8-9H,4-7,14H2,1-3H3,(H,15,16,17). The molecule has 1 aliphatic carbocycles. The van der Waals surface area contributed by atoms with Gasteiger partial charge in [0.15, 0.2) is 5.82 Å². The molecule has 1 aromatic heterocycles. The Bertz CT molecular complexity index is 410.